The third-order valence-electron chi connectivity index (χ3n) is 3.54. The molecule has 0 aliphatic rings. The van der Waals surface area contributed by atoms with Crippen molar-refractivity contribution < 1.29 is 4.79 Å². The lowest BCUT2D eigenvalue weighted by Gasteiger charge is -2.15. The van der Waals surface area contributed by atoms with Gasteiger partial charge in [0.1, 0.15) is 0 Å². The Morgan fingerprint density at radius 1 is 1.26 bits per heavy atom. The van der Waals surface area contributed by atoms with Crippen LogP contribution in [0.1, 0.15) is 55.5 Å². The number of unbranched alkanes of at least 4 members (excludes halogenated alkanes) is 1. The van der Waals surface area contributed by atoms with Crippen molar-refractivity contribution >= 4 is 5.91 Å². The van der Waals surface area contributed by atoms with Crippen molar-refractivity contribution in [3.63, 3.8) is 0 Å². The van der Waals surface area contributed by atoms with Crippen molar-refractivity contribution in [1.29, 1.82) is 0 Å². The maximum atomic E-state index is 11.0. The molecule has 0 saturated carbocycles. The molecular weight excluding hydrogens is 236 g/mol. The van der Waals surface area contributed by atoms with Crippen LogP contribution in [-0.2, 0) is 6.54 Å². The van der Waals surface area contributed by atoms with Crippen molar-refractivity contribution in [1.82, 2.24) is 5.32 Å². The Morgan fingerprint density at radius 2 is 1.95 bits per heavy atom. The molecule has 1 rings (SSSR count). The molecule has 0 aliphatic carbocycles. The van der Waals surface area contributed by atoms with Gasteiger partial charge in [-0.15, -0.1) is 0 Å². The minimum atomic E-state index is -0.370. The lowest BCUT2D eigenvalue weighted by atomic mass is 9.99. The fourth-order valence-corrected chi connectivity index (χ4v) is 2.15. The molecule has 0 aliphatic heterocycles. The molecule has 1 aromatic rings. The molecule has 0 saturated heterocycles. The Kier molecular flexibility index (Phi) is 7.19. The molecule has 0 spiro atoms. The first-order chi connectivity index (χ1) is 9.17. The standard InChI is InChI=1S/C16H26N2O/c1-3-5-6-13(4-2)11-18-12-14-7-9-15(10-8-14)16(17)19/h7-10,13,18H,3-6,11-12H2,1-2H3,(H2,17,19). The number of nitrogens with one attached hydrogen (secondary N) is 1. The maximum absolute atomic E-state index is 11.0. The molecule has 0 aromatic heterocycles. The molecule has 3 heteroatoms. The van der Waals surface area contributed by atoms with Crippen molar-refractivity contribution in [3.8, 4) is 0 Å². The van der Waals surface area contributed by atoms with E-state index in [1.54, 1.807) is 12.1 Å². The zero-order valence-electron chi connectivity index (χ0n) is 12.1. The predicted octanol–water partition coefficient (Wildman–Crippen LogP) is 3.09. The molecule has 1 aromatic carbocycles. The van der Waals surface area contributed by atoms with E-state index < -0.39 is 0 Å². The zero-order valence-corrected chi connectivity index (χ0v) is 12.1. The Morgan fingerprint density at radius 3 is 2.47 bits per heavy atom. The van der Waals surface area contributed by atoms with E-state index in [1.807, 2.05) is 12.1 Å². The SMILES string of the molecule is CCCCC(CC)CNCc1ccc(C(N)=O)cc1. The van der Waals surface area contributed by atoms with Crippen LogP contribution >= 0.6 is 0 Å². The van der Waals surface area contributed by atoms with Gasteiger partial charge in [0.2, 0.25) is 5.91 Å². The maximum Gasteiger partial charge on any atom is 0.248 e. The normalized spacial score (nSPS) is 12.3. The van der Waals surface area contributed by atoms with Crippen LogP contribution in [-0.4, -0.2) is 12.5 Å². The van der Waals surface area contributed by atoms with Gasteiger partial charge in [-0.3, -0.25) is 4.79 Å². The summed E-state index contributed by atoms with van der Waals surface area (Å²) in [4.78, 5) is 11.0. The van der Waals surface area contributed by atoms with E-state index in [0.29, 0.717) is 5.56 Å². The van der Waals surface area contributed by atoms with Gasteiger partial charge >= 0.3 is 0 Å². The van der Waals surface area contributed by atoms with E-state index in [4.69, 9.17) is 5.73 Å². The van der Waals surface area contributed by atoms with Gasteiger partial charge in [0, 0.05) is 12.1 Å². The molecule has 1 amide bonds. The average Bonchev–Trinajstić information content (AvgIpc) is 2.43. The molecule has 0 heterocycles. The molecule has 0 bridgehead atoms. The van der Waals surface area contributed by atoms with Crippen LogP contribution < -0.4 is 11.1 Å². The predicted molar refractivity (Wildman–Crippen MR) is 80.0 cm³/mol. The van der Waals surface area contributed by atoms with Crippen molar-refractivity contribution in [3.05, 3.63) is 35.4 Å². The Labute approximate surface area is 116 Å². The molecule has 19 heavy (non-hydrogen) atoms. The van der Waals surface area contributed by atoms with Gasteiger partial charge in [0.25, 0.3) is 0 Å². The smallest absolute Gasteiger partial charge is 0.248 e. The van der Waals surface area contributed by atoms with Crippen LogP contribution in [0.15, 0.2) is 24.3 Å². The first kappa shape index (κ1) is 15.7. The second-order valence-corrected chi connectivity index (χ2v) is 5.11. The van der Waals surface area contributed by atoms with E-state index in [2.05, 4.69) is 19.2 Å². The monoisotopic (exact) mass is 262 g/mol. The quantitative estimate of drug-likeness (QED) is 0.718. The topological polar surface area (TPSA) is 55.1 Å². The number of benzene rings is 1. The highest BCUT2D eigenvalue weighted by molar-refractivity contribution is 5.92. The second kappa shape index (κ2) is 8.70. The minimum Gasteiger partial charge on any atom is -0.366 e. The number of carbonyl (C=O) groups is 1. The van der Waals surface area contributed by atoms with Gasteiger partial charge in [-0.1, -0.05) is 45.2 Å². The average molecular weight is 262 g/mol. The van der Waals surface area contributed by atoms with E-state index >= 15 is 0 Å². The number of amides is 1. The Balaban J connectivity index is 2.33. The lowest BCUT2D eigenvalue weighted by molar-refractivity contribution is 0.100. The first-order valence-corrected chi connectivity index (χ1v) is 7.26. The highest BCUT2D eigenvalue weighted by Gasteiger charge is 2.05. The van der Waals surface area contributed by atoms with Crippen LogP contribution in [0.4, 0.5) is 0 Å². The summed E-state index contributed by atoms with van der Waals surface area (Å²) in [6.45, 7) is 6.40. The summed E-state index contributed by atoms with van der Waals surface area (Å²) in [5.74, 6) is 0.398. The molecule has 1 atom stereocenters. The lowest BCUT2D eigenvalue weighted by Crippen LogP contribution is -2.22. The number of primary amides is 1. The van der Waals surface area contributed by atoms with E-state index in [-0.39, 0.29) is 5.91 Å². The number of hydrogen-bond acceptors (Lipinski definition) is 2. The molecule has 0 fully saturated rings. The van der Waals surface area contributed by atoms with Crippen LogP contribution in [0, 0.1) is 5.92 Å². The number of hydrogen-bond donors (Lipinski definition) is 2. The zero-order chi connectivity index (χ0) is 14.1. The second-order valence-electron chi connectivity index (χ2n) is 5.11. The fraction of sp³-hybridized carbons (Fsp3) is 0.562. The summed E-state index contributed by atoms with van der Waals surface area (Å²) < 4.78 is 0. The van der Waals surface area contributed by atoms with Gasteiger partial charge in [-0.25, -0.2) is 0 Å². The number of rotatable bonds is 9. The third-order valence-corrected chi connectivity index (χ3v) is 3.54. The van der Waals surface area contributed by atoms with E-state index in [0.717, 1.165) is 19.0 Å². The summed E-state index contributed by atoms with van der Waals surface area (Å²) in [6.07, 6.45) is 5.12. The van der Waals surface area contributed by atoms with Crippen molar-refractivity contribution in [2.75, 3.05) is 6.54 Å². The summed E-state index contributed by atoms with van der Waals surface area (Å²) in [7, 11) is 0. The van der Waals surface area contributed by atoms with Crippen LogP contribution in [0.3, 0.4) is 0 Å². The fourth-order valence-electron chi connectivity index (χ4n) is 2.15. The highest BCUT2D eigenvalue weighted by atomic mass is 16.1. The summed E-state index contributed by atoms with van der Waals surface area (Å²) >= 11 is 0. The minimum absolute atomic E-state index is 0.370. The molecule has 0 radical (unpaired) electrons. The molecule has 106 valence electrons. The Bertz CT molecular complexity index is 373. The number of carbonyl (C=O) groups excluding carboxylic acids is 1. The van der Waals surface area contributed by atoms with Crippen LogP contribution in [0.5, 0.6) is 0 Å². The molecule has 3 N–H and O–H groups in total. The summed E-state index contributed by atoms with van der Waals surface area (Å²) in [5.41, 5.74) is 6.97. The van der Waals surface area contributed by atoms with Gasteiger partial charge in [-0.05, 0) is 36.6 Å². The molecular formula is C16H26N2O. The van der Waals surface area contributed by atoms with Gasteiger partial charge in [0.05, 0.1) is 0 Å². The molecule has 3 nitrogen and oxygen atoms in total. The Hall–Kier alpha value is -1.35. The van der Waals surface area contributed by atoms with Crippen LogP contribution in [0.25, 0.3) is 0 Å². The first-order valence-electron chi connectivity index (χ1n) is 7.26. The van der Waals surface area contributed by atoms with Crippen LogP contribution in [0.2, 0.25) is 0 Å². The third kappa shape index (κ3) is 5.88. The van der Waals surface area contributed by atoms with Gasteiger partial charge in [0.15, 0.2) is 0 Å². The van der Waals surface area contributed by atoms with Crippen molar-refractivity contribution in [2.45, 2.75) is 46.1 Å². The van der Waals surface area contributed by atoms with E-state index in [1.165, 1.54) is 31.2 Å². The van der Waals surface area contributed by atoms with Gasteiger partial charge in [-0.2, -0.15) is 0 Å². The summed E-state index contributed by atoms with van der Waals surface area (Å²) in [6, 6.07) is 7.49. The largest absolute Gasteiger partial charge is 0.366 e. The summed E-state index contributed by atoms with van der Waals surface area (Å²) in [5, 5.41) is 3.49. The number of nitrogens with two attached hydrogens (primary N) is 1. The van der Waals surface area contributed by atoms with Gasteiger partial charge < -0.3 is 11.1 Å². The molecule has 1 unspecified atom stereocenters. The van der Waals surface area contributed by atoms with Crippen molar-refractivity contribution in [2.24, 2.45) is 11.7 Å². The highest BCUT2D eigenvalue weighted by Crippen LogP contribution is 2.11. The van der Waals surface area contributed by atoms with E-state index in [9.17, 15) is 4.79 Å².